The fraction of sp³-hybridized carbons (Fsp3) is 0.400. The fourth-order valence-electron chi connectivity index (χ4n) is 0.457. The van der Waals surface area contributed by atoms with E-state index >= 15 is 0 Å². The van der Waals surface area contributed by atoms with Gasteiger partial charge in [0.1, 0.15) is 6.34 Å². The molecule has 1 rings (SSSR count). The van der Waals surface area contributed by atoms with Crippen LogP contribution >= 0.6 is 0 Å². The van der Waals surface area contributed by atoms with Crippen LogP contribution in [0.3, 0.4) is 0 Å². The Bertz CT molecular complexity index is 146. The van der Waals surface area contributed by atoms with E-state index in [-0.39, 0.29) is 0 Å². The Labute approximate surface area is 48.5 Å². The van der Waals surface area contributed by atoms with Crippen molar-refractivity contribution >= 4 is 6.34 Å². The lowest BCUT2D eigenvalue weighted by Crippen LogP contribution is -2.31. The highest BCUT2D eigenvalue weighted by molar-refractivity contribution is 5.57. The molecule has 0 aromatic heterocycles. The van der Waals surface area contributed by atoms with Crippen LogP contribution in [-0.2, 0) is 0 Å². The van der Waals surface area contributed by atoms with Gasteiger partial charge >= 0.3 is 0 Å². The lowest BCUT2D eigenvalue weighted by molar-refractivity contribution is 0.744. The molecular formula is C5H9N3. The zero-order chi connectivity index (χ0) is 5.98. The standard InChI is InChI=1S/C5H9N3/c1-4-5(2)8-7-3-6-4/h3,8H,1-2H3,(H,6,7). The van der Waals surface area contributed by atoms with Gasteiger partial charge in [-0.3, -0.25) is 5.43 Å². The molecule has 0 saturated heterocycles. The van der Waals surface area contributed by atoms with E-state index in [1.807, 2.05) is 13.8 Å². The third-order valence-electron chi connectivity index (χ3n) is 1.13. The molecule has 0 saturated carbocycles. The van der Waals surface area contributed by atoms with Crippen LogP contribution in [0.25, 0.3) is 0 Å². The van der Waals surface area contributed by atoms with Crippen molar-refractivity contribution in [1.29, 1.82) is 0 Å². The van der Waals surface area contributed by atoms with E-state index in [1.165, 1.54) is 0 Å². The molecule has 8 heavy (non-hydrogen) atoms. The fourth-order valence-corrected chi connectivity index (χ4v) is 0.457. The second kappa shape index (κ2) is 1.86. The van der Waals surface area contributed by atoms with Crippen LogP contribution in [0.1, 0.15) is 13.8 Å². The predicted molar refractivity (Wildman–Crippen MR) is 33.1 cm³/mol. The zero-order valence-corrected chi connectivity index (χ0v) is 5.02. The van der Waals surface area contributed by atoms with Crippen LogP contribution in [0.15, 0.2) is 16.4 Å². The minimum atomic E-state index is 1.03. The molecule has 0 atom stereocenters. The molecular weight excluding hydrogens is 102 g/mol. The molecule has 0 fully saturated rings. The summed E-state index contributed by atoms with van der Waals surface area (Å²) in [7, 11) is 0. The minimum Gasteiger partial charge on any atom is -0.303 e. The van der Waals surface area contributed by atoms with Crippen molar-refractivity contribution in [1.82, 2.24) is 10.9 Å². The van der Waals surface area contributed by atoms with E-state index in [2.05, 4.69) is 15.8 Å². The normalized spacial score (nSPS) is 17.8. The van der Waals surface area contributed by atoms with E-state index < -0.39 is 0 Å². The Morgan fingerprint density at radius 2 is 2.25 bits per heavy atom. The van der Waals surface area contributed by atoms with Crippen molar-refractivity contribution in [3.8, 4) is 0 Å². The molecule has 0 radical (unpaired) electrons. The van der Waals surface area contributed by atoms with E-state index in [9.17, 15) is 0 Å². The number of rotatable bonds is 0. The van der Waals surface area contributed by atoms with Gasteiger partial charge in [0.05, 0.1) is 5.70 Å². The van der Waals surface area contributed by atoms with E-state index in [4.69, 9.17) is 0 Å². The Hall–Kier alpha value is -0.990. The van der Waals surface area contributed by atoms with E-state index in [0.29, 0.717) is 0 Å². The highest BCUT2D eigenvalue weighted by atomic mass is 15.4. The molecule has 1 heterocycles. The lowest BCUT2D eigenvalue weighted by Gasteiger charge is -2.10. The van der Waals surface area contributed by atoms with Gasteiger partial charge < -0.3 is 5.43 Å². The highest BCUT2D eigenvalue weighted by Gasteiger charge is 1.94. The van der Waals surface area contributed by atoms with Gasteiger partial charge in [0, 0.05) is 5.70 Å². The first-order valence-corrected chi connectivity index (χ1v) is 2.52. The summed E-state index contributed by atoms with van der Waals surface area (Å²) in [5.74, 6) is 0. The molecule has 0 aromatic carbocycles. The molecule has 1 aliphatic rings. The molecule has 0 spiro atoms. The summed E-state index contributed by atoms with van der Waals surface area (Å²) in [6.07, 6.45) is 1.63. The maximum atomic E-state index is 3.99. The number of allylic oxidation sites excluding steroid dienone is 2. The number of hydrogen-bond acceptors (Lipinski definition) is 3. The van der Waals surface area contributed by atoms with Crippen molar-refractivity contribution in [2.75, 3.05) is 0 Å². The van der Waals surface area contributed by atoms with Crippen molar-refractivity contribution in [3.05, 3.63) is 11.4 Å². The first-order chi connectivity index (χ1) is 3.80. The molecule has 0 unspecified atom stereocenters. The number of aliphatic imine (C=N–C) groups is 1. The summed E-state index contributed by atoms with van der Waals surface area (Å²) in [5, 5.41) is 0. The van der Waals surface area contributed by atoms with Crippen LogP contribution in [0.2, 0.25) is 0 Å². The summed E-state index contributed by atoms with van der Waals surface area (Å²) >= 11 is 0. The molecule has 0 aromatic rings. The first-order valence-electron chi connectivity index (χ1n) is 2.52. The van der Waals surface area contributed by atoms with Crippen molar-refractivity contribution < 1.29 is 0 Å². The van der Waals surface area contributed by atoms with Gasteiger partial charge in [-0.2, -0.15) is 0 Å². The zero-order valence-electron chi connectivity index (χ0n) is 5.02. The van der Waals surface area contributed by atoms with E-state index in [0.717, 1.165) is 11.4 Å². The Morgan fingerprint density at radius 1 is 1.50 bits per heavy atom. The Morgan fingerprint density at radius 3 is 2.62 bits per heavy atom. The van der Waals surface area contributed by atoms with Gasteiger partial charge in [0.25, 0.3) is 0 Å². The van der Waals surface area contributed by atoms with Gasteiger partial charge in [0.15, 0.2) is 0 Å². The number of nitrogens with one attached hydrogen (secondary N) is 2. The monoisotopic (exact) mass is 111 g/mol. The van der Waals surface area contributed by atoms with E-state index in [1.54, 1.807) is 6.34 Å². The Balaban J connectivity index is 2.76. The van der Waals surface area contributed by atoms with Crippen LogP contribution in [0.5, 0.6) is 0 Å². The second-order valence-electron chi connectivity index (χ2n) is 1.74. The maximum absolute atomic E-state index is 3.99. The molecule has 1 aliphatic heterocycles. The first kappa shape index (κ1) is 5.15. The van der Waals surface area contributed by atoms with Crippen LogP contribution < -0.4 is 10.9 Å². The van der Waals surface area contributed by atoms with Gasteiger partial charge in [-0.1, -0.05) is 0 Å². The third kappa shape index (κ3) is 0.804. The van der Waals surface area contributed by atoms with Crippen molar-refractivity contribution in [2.45, 2.75) is 13.8 Å². The smallest absolute Gasteiger partial charge is 0.107 e. The average Bonchev–Trinajstić information content (AvgIpc) is 1.77. The summed E-state index contributed by atoms with van der Waals surface area (Å²) in [4.78, 5) is 3.99. The van der Waals surface area contributed by atoms with Crippen LogP contribution in [-0.4, -0.2) is 6.34 Å². The highest BCUT2D eigenvalue weighted by Crippen LogP contribution is 2.00. The second-order valence-corrected chi connectivity index (χ2v) is 1.74. The quantitative estimate of drug-likeness (QED) is 0.474. The van der Waals surface area contributed by atoms with Gasteiger partial charge in [-0.05, 0) is 13.8 Å². The van der Waals surface area contributed by atoms with Gasteiger partial charge in [-0.15, -0.1) is 0 Å². The summed E-state index contributed by atoms with van der Waals surface area (Å²) < 4.78 is 0. The number of hydrazine groups is 1. The Kier molecular flexibility index (Phi) is 1.20. The molecule has 44 valence electrons. The molecule has 0 bridgehead atoms. The largest absolute Gasteiger partial charge is 0.303 e. The van der Waals surface area contributed by atoms with Crippen LogP contribution in [0.4, 0.5) is 0 Å². The van der Waals surface area contributed by atoms with Crippen molar-refractivity contribution in [2.24, 2.45) is 4.99 Å². The van der Waals surface area contributed by atoms with Gasteiger partial charge in [0.2, 0.25) is 0 Å². The summed E-state index contributed by atoms with van der Waals surface area (Å²) in [5.41, 5.74) is 7.79. The topological polar surface area (TPSA) is 36.4 Å². The molecule has 0 aliphatic carbocycles. The number of nitrogens with zero attached hydrogens (tertiary/aromatic N) is 1. The van der Waals surface area contributed by atoms with Crippen LogP contribution in [0, 0.1) is 0 Å². The molecule has 2 N–H and O–H groups in total. The average molecular weight is 111 g/mol. The molecule has 3 heteroatoms. The van der Waals surface area contributed by atoms with Crippen molar-refractivity contribution in [3.63, 3.8) is 0 Å². The molecule has 3 nitrogen and oxygen atoms in total. The summed E-state index contributed by atoms with van der Waals surface area (Å²) in [6, 6.07) is 0. The summed E-state index contributed by atoms with van der Waals surface area (Å²) in [6.45, 7) is 3.93. The lowest BCUT2D eigenvalue weighted by atomic mass is 10.4. The van der Waals surface area contributed by atoms with Gasteiger partial charge in [-0.25, -0.2) is 4.99 Å². The maximum Gasteiger partial charge on any atom is 0.107 e. The third-order valence-corrected chi connectivity index (χ3v) is 1.13. The molecule has 0 amide bonds. The predicted octanol–water partition coefficient (Wildman–Crippen LogP) is 0.374. The SMILES string of the molecule is CC1=C(C)NNC=N1. The number of hydrogen-bond donors (Lipinski definition) is 2. The minimum absolute atomic E-state index is 1.03.